The second kappa shape index (κ2) is 4.51. The highest BCUT2D eigenvalue weighted by molar-refractivity contribution is 9.10. The van der Waals surface area contributed by atoms with Crippen LogP contribution in [0.5, 0.6) is 0 Å². The highest BCUT2D eigenvalue weighted by Crippen LogP contribution is 2.17. The molecular weight excluding hydrogens is 300 g/mol. The van der Waals surface area contributed by atoms with Crippen molar-refractivity contribution in [2.24, 2.45) is 0 Å². The van der Waals surface area contributed by atoms with Gasteiger partial charge in [0.2, 0.25) is 0 Å². The van der Waals surface area contributed by atoms with E-state index in [1.807, 2.05) is 12.5 Å². The van der Waals surface area contributed by atoms with Gasteiger partial charge in [-0.05, 0) is 22.2 Å². The first-order valence-electron chi connectivity index (χ1n) is 3.98. The van der Waals surface area contributed by atoms with Gasteiger partial charge in [-0.2, -0.15) is 5.10 Å². The zero-order valence-electron chi connectivity index (χ0n) is 7.69. The summed E-state index contributed by atoms with van der Waals surface area (Å²) < 4.78 is 2.53. The maximum Gasteiger partial charge on any atom is 0.190 e. The lowest BCUT2D eigenvalue weighted by Crippen LogP contribution is -2.00. The quantitative estimate of drug-likeness (QED) is 0.486. The van der Waals surface area contributed by atoms with Gasteiger partial charge < -0.3 is 0 Å². The summed E-state index contributed by atoms with van der Waals surface area (Å²) in [6, 6.07) is 1.67. The number of aromatic nitrogens is 4. The molecular formula is C8H6BrClN4S. The third-order valence-corrected chi connectivity index (χ3v) is 2.78. The molecule has 0 aliphatic heterocycles. The molecule has 0 atom stereocenters. The predicted octanol–water partition coefficient (Wildman–Crippen LogP) is 2.80. The number of rotatable bonds is 2. The molecule has 7 heteroatoms. The molecule has 2 heterocycles. The van der Waals surface area contributed by atoms with Crippen molar-refractivity contribution in [1.29, 1.82) is 0 Å². The topological polar surface area (TPSA) is 43.6 Å². The summed E-state index contributed by atoms with van der Waals surface area (Å²) in [7, 11) is 0. The van der Waals surface area contributed by atoms with Crippen LogP contribution in [0.15, 0.2) is 28.1 Å². The largest absolute Gasteiger partial charge is 0.221 e. The van der Waals surface area contributed by atoms with E-state index in [1.54, 1.807) is 16.9 Å². The molecule has 0 aromatic carbocycles. The van der Waals surface area contributed by atoms with Crippen LogP contribution in [0, 0.1) is 0 Å². The van der Waals surface area contributed by atoms with Gasteiger partial charge in [0.15, 0.2) is 11.0 Å². The number of hydrogen-bond acceptors (Lipinski definition) is 4. The number of thioether (sulfide) groups is 1. The van der Waals surface area contributed by atoms with Gasteiger partial charge in [0.25, 0.3) is 0 Å². The Morgan fingerprint density at radius 2 is 2.27 bits per heavy atom. The van der Waals surface area contributed by atoms with Crippen molar-refractivity contribution in [2.45, 2.75) is 5.16 Å². The number of nitrogens with zero attached hydrogens (tertiary/aromatic N) is 4. The number of hydrogen-bond donors (Lipinski definition) is 0. The molecule has 0 spiro atoms. The zero-order chi connectivity index (χ0) is 10.8. The molecule has 0 aliphatic rings. The van der Waals surface area contributed by atoms with Crippen LogP contribution < -0.4 is 0 Å². The third-order valence-electron chi connectivity index (χ3n) is 1.63. The van der Waals surface area contributed by atoms with Gasteiger partial charge in [0.05, 0.1) is 10.7 Å². The lowest BCUT2D eigenvalue weighted by Gasteiger charge is -2.02. The first kappa shape index (κ1) is 10.9. The average molecular weight is 306 g/mol. The average Bonchev–Trinajstić information content (AvgIpc) is 2.64. The van der Waals surface area contributed by atoms with Crippen molar-refractivity contribution in [3.05, 3.63) is 28.1 Å². The first-order valence-corrected chi connectivity index (χ1v) is 6.38. The van der Waals surface area contributed by atoms with Gasteiger partial charge in [-0.25, -0.2) is 14.6 Å². The van der Waals surface area contributed by atoms with E-state index in [0.29, 0.717) is 16.1 Å². The van der Waals surface area contributed by atoms with Crippen LogP contribution in [0.25, 0.3) is 5.82 Å². The molecule has 4 nitrogen and oxygen atoms in total. The van der Waals surface area contributed by atoms with Crippen LogP contribution in [0.1, 0.15) is 0 Å². The Morgan fingerprint density at radius 1 is 1.47 bits per heavy atom. The van der Waals surface area contributed by atoms with E-state index in [1.165, 1.54) is 11.8 Å². The molecule has 78 valence electrons. The molecule has 0 bridgehead atoms. The smallest absolute Gasteiger partial charge is 0.190 e. The molecule has 2 aromatic heterocycles. The van der Waals surface area contributed by atoms with Crippen LogP contribution in [0.3, 0.4) is 0 Å². The molecule has 15 heavy (non-hydrogen) atoms. The van der Waals surface area contributed by atoms with Crippen molar-refractivity contribution in [2.75, 3.05) is 6.26 Å². The summed E-state index contributed by atoms with van der Waals surface area (Å²) in [5.74, 6) is 0.657. The van der Waals surface area contributed by atoms with Gasteiger partial charge in [-0.15, -0.1) is 0 Å². The van der Waals surface area contributed by atoms with Crippen molar-refractivity contribution in [3.63, 3.8) is 0 Å². The van der Waals surface area contributed by atoms with E-state index in [0.717, 1.165) is 4.47 Å². The second-order valence-corrected chi connectivity index (χ2v) is 4.72. The van der Waals surface area contributed by atoms with Crippen LogP contribution in [-0.2, 0) is 0 Å². The first-order chi connectivity index (χ1) is 7.19. The molecule has 2 rings (SSSR count). The Kier molecular flexibility index (Phi) is 3.28. The molecule has 0 saturated carbocycles. The second-order valence-electron chi connectivity index (χ2n) is 2.64. The Hall–Kier alpha value is -0.590. The Balaban J connectivity index is 2.48. The fourth-order valence-corrected chi connectivity index (χ4v) is 1.91. The minimum Gasteiger partial charge on any atom is -0.221 e. The van der Waals surface area contributed by atoms with Crippen molar-refractivity contribution >= 4 is 39.3 Å². The molecule has 0 radical (unpaired) electrons. The summed E-state index contributed by atoms with van der Waals surface area (Å²) in [5.41, 5.74) is 0. The van der Waals surface area contributed by atoms with Crippen LogP contribution in [0.4, 0.5) is 0 Å². The van der Waals surface area contributed by atoms with Crippen molar-refractivity contribution in [3.8, 4) is 5.82 Å². The highest BCUT2D eigenvalue weighted by atomic mass is 79.9. The minimum absolute atomic E-state index is 0.413. The Labute approximate surface area is 104 Å². The van der Waals surface area contributed by atoms with E-state index in [-0.39, 0.29) is 0 Å². The fourth-order valence-electron chi connectivity index (χ4n) is 1.02. The molecule has 0 amide bonds. The summed E-state index contributed by atoms with van der Waals surface area (Å²) in [5, 5.41) is 5.16. The molecule has 0 saturated heterocycles. The maximum atomic E-state index is 5.87. The van der Waals surface area contributed by atoms with Crippen molar-refractivity contribution < 1.29 is 0 Å². The van der Waals surface area contributed by atoms with E-state index in [9.17, 15) is 0 Å². The molecule has 0 aliphatic carbocycles. The lowest BCUT2D eigenvalue weighted by atomic mass is 10.6. The van der Waals surface area contributed by atoms with E-state index in [2.05, 4.69) is 31.0 Å². The van der Waals surface area contributed by atoms with E-state index in [4.69, 9.17) is 11.6 Å². The highest BCUT2D eigenvalue weighted by Gasteiger charge is 2.05. The normalized spacial score (nSPS) is 10.6. The maximum absolute atomic E-state index is 5.87. The van der Waals surface area contributed by atoms with Gasteiger partial charge >= 0.3 is 0 Å². The van der Waals surface area contributed by atoms with E-state index >= 15 is 0 Å². The predicted molar refractivity (Wildman–Crippen MR) is 63.6 cm³/mol. The molecule has 0 N–H and O–H groups in total. The molecule has 0 unspecified atom stereocenters. The molecule has 0 fully saturated rings. The van der Waals surface area contributed by atoms with Gasteiger partial charge in [-0.3, -0.25) is 0 Å². The van der Waals surface area contributed by atoms with Gasteiger partial charge in [0.1, 0.15) is 5.15 Å². The third kappa shape index (κ3) is 2.50. The Bertz CT molecular complexity index is 487. The van der Waals surface area contributed by atoms with E-state index < -0.39 is 0 Å². The van der Waals surface area contributed by atoms with Gasteiger partial charge in [0, 0.05) is 12.3 Å². The number of halogens is 2. The zero-order valence-corrected chi connectivity index (χ0v) is 10.8. The van der Waals surface area contributed by atoms with Crippen LogP contribution in [-0.4, -0.2) is 26.0 Å². The standard InChI is InChI=1S/C8H6BrClN4S/c1-15-8-12-6(10)2-7(13-8)14-4-5(9)3-11-14/h2-4H,1H3. The van der Waals surface area contributed by atoms with Crippen molar-refractivity contribution in [1.82, 2.24) is 19.7 Å². The molecule has 2 aromatic rings. The van der Waals surface area contributed by atoms with Crippen LogP contribution in [0.2, 0.25) is 5.15 Å². The SMILES string of the molecule is CSc1nc(Cl)cc(-n2cc(Br)cn2)n1. The fraction of sp³-hybridized carbons (Fsp3) is 0.125. The Morgan fingerprint density at radius 3 is 2.87 bits per heavy atom. The summed E-state index contributed by atoms with van der Waals surface area (Å²) in [6.45, 7) is 0. The lowest BCUT2D eigenvalue weighted by molar-refractivity contribution is 0.807. The van der Waals surface area contributed by atoms with Gasteiger partial charge in [-0.1, -0.05) is 23.4 Å². The van der Waals surface area contributed by atoms with Crippen LogP contribution >= 0.6 is 39.3 Å². The summed E-state index contributed by atoms with van der Waals surface area (Å²) >= 11 is 10.6. The summed E-state index contributed by atoms with van der Waals surface area (Å²) in [6.07, 6.45) is 5.39. The monoisotopic (exact) mass is 304 g/mol. The minimum atomic E-state index is 0.413. The summed E-state index contributed by atoms with van der Waals surface area (Å²) in [4.78, 5) is 8.33.